The standard InChI is InChI=1S/C34H36ClN3O5S/c1-3-36-34(40)32(23-26-11-7-5-8-12-26)37(24-27-15-17-28(35)18-16-27)33(39)25-38(29-19-21-30(22-20-29)43-4-2)44(41,42)31-13-9-6-10-14-31/h5-22,32H,3-4,23-25H2,1-2H3,(H,36,40)/t32-/m1/s1. The molecule has 0 aromatic heterocycles. The molecule has 0 aliphatic carbocycles. The van der Waals surface area contributed by atoms with Crippen molar-refractivity contribution in [2.75, 3.05) is 24.0 Å². The molecule has 0 aliphatic rings. The van der Waals surface area contributed by atoms with Crippen molar-refractivity contribution in [3.63, 3.8) is 0 Å². The zero-order valence-corrected chi connectivity index (χ0v) is 26.3. The van der Waals surface area contributed by atoms with E-state index in [9.17, 15) is 18.0 Å². The zero-order chi connectivity index (χ0) is 31.5. The third kappa shape index (κ3) is 8.39. The Morgan fingerprint density at radius 2 is 1.43 bits per heavy atom. The molecule has 0 heterocycles. The summed E-state index contributed by atoms with van der Waals surface area (Å²) in [7, 11) is -4.17. The monoisotopic (exact) mass is 633 g/mol. The van der Waals surface area contributed by atoms with Gasteiger partial charge in [0.15, 0.2) is 0 Å². The van der Waals surface area contributed by atoms with Crippen molar-refractivity contribution in [2.24, 2.45) is 0 Å². The van der Waals surface area contributed by atoms with Crippen molar-refractivity contribution in [1.82, 2.24) is 10.2 Å². The summed E-state index contributed by atoms with van der Waals surface area (Å²) in [6.07, 6.45) is 0.237. The van der Waals surface area contributed by atoms with Gasteiger partial charge in [-0.3, -0.25) is 13.9 Å². The Kier molecular flexibility index (Phi) is 11.4. The van der Waals surface area contributed by atoms with Gasteiger partial charge >= 0.3 is 0 Å². The normalized spacial score (nSPS) is 11.8. The molecule has 10 heteroatoms. The summed E-state index contributed by atoms with van der Waals surface area (Å²) in [6.45, 7) is 4.01. The van der Waals surface area contributed by atoms with Gasteiger partial charge in [0.1, 0.15) is 18.3 Å². The number of carbonyl (C=O) groups excluding carboxylic acids is 2. The van der Waals surface area contributed by atoms with Crippen LogP contribution in [0.15, 0.2) is 114 Å². The summed E-state index contributed by atoms with van der Waals surface area (Å²) in [5.74, 6) is -0.305. The fourth-order valence-corrected chi connectivity index (χ4v) is 6.32. The second kappa shape index (κ2) is 15.4. The number of likely N-dealkylation sites (N-methyl/N-ethyl adjacent to an activating group) is 1. The highest BCUT2D eigenvalue weighted by molar-refractivity contribution is 7.92. The Balaban J connectivity index is 1.78. The van der Waals surface area contributed by atoms with Gasteiger partial charge in [0.2, 0.25) is 11.8 Å². The lowest BCUT2D eigenvalue weighted by Crippen LogP contribution is -2.53. The van der Waals surface area contributed by atoms with Crippen LogP contribution in [0.2, 0.25) is 5.02 Å². The first-order valence-corrected chi connectivity index (χ1v) is 16.2. The first-order valence-electron chi connectivity index (χ1n) is 14.4. The fourth-order valence-electron chi connectivity index (χ4n) is 4.76. The van der Waals surface area contributed by atoms with E-state index in [1.807, 2.05) is 44.2 Å². The number of rotatable bonds is 14. The average Bonchev–Trinajstić information content (AvgIpc) is 3.04. The quantitative estimate of drug-likeness (QED) is 0.192. The van der Waals surface area contributed by atoms with Gasteiger partial charge in [0.05, 0.1) is 17.2 Å². The van der Waals surface area contributed by atoms with Gasteiger partial charge in [-0.25, -0.2) is 8.42 Å². The van der Waals surface area contributed by atoms with Gasteiger partial charge in [0.25, 0.3) is 10.0 Å². The van der Waals surface area contributed by atoms with Crippen LogP contribution in [0.5, 0.6) is 5.75 Å². The largest absolute Gasteiger partial charge is 0.494 e. The number of carbonyl (C=O) groups is 2. The molecule has 44 heavy (non-hydrogen) atoms. The Hall–Kier alpha value is -4.34. The van der Waals surface area contributed by atoms with Crippen molar-refractivity contribution < 1.29 is 22.7 Å². The molecule has 0 fully saturated rings. The summed E-state index contributed by atoms with van der Waals surface area (Å²) >= 11 is 6.12. The fraction of sp³-hybridized carbons (Fsp3) is 0.235. The van der Waals surface area contributed by atoms with E-state index >= 15 is 0 Å². The van der Waals surface area contributed by atoms with Gasteiger partial charge in [0, 0.05) is 24.5 Å². The Morgan fingerprint density at radius 3 is 2.02 bits per heavy atom. The Labute approximate surface area is 264 Å². The first-order chi connectivity index (χ1) is 21.2. The highest BCUT2D eigenvalue weighted by Crippen LogP contribution is 2.27. The predicted octanol–water partition coefficient (Wildman–Crippen LogP) is 5.71. The Bertz CT molecular complexity index is 1620. The maximum atomic E-state index is 14.4. The molecule has 0 saturated heterocycles. The molecule has 0 bridgehead atoms. The second-order valence-corrected chi connectivity index (χ2v) is 12.3. The molecule has 8 nitrogen and oxygen atoms in total. The third-order valence-corrected chi connectivity index (χ3v) is 8.97. The molecular weight excluding hydrogens is 598 g/mol. The molecule has 1 N–H and O–H groups in total. The number of anilines is 1. The molecule has 1 atom stereocenters. The summed E-state index contributed by atoms with van der Waals surface area (Å²) in [5.41, 5.74) is 1.89. The number of hydrogen-bond donors (Lipinski definition) is 1. The lowest BCUT2D eigenvalue weighted by molar-refractivity contribution is -0.140. The number of benzene rings is 4. The first kappa shape index (κ1) is 32.6. The number of ether oxygens (including phenoxy) is 1. The smallest absolute Gasteiger partial charge is 0.264 e. The number of halogens is 1. The van der Waals surface area contributed by atoms with Gasteiger partial charge in [-0.15, -0.1) is 0 Å². The number of nitrogens with zero attached hydrogens (tertiary/aromatic N) is 2. The highest BCUT2D eigenvalue weighted by atomic mass is 35.5. The summed E-state index contributed by atoms with van der Waals surface area (Å²) in [4.78, 5) is 29.4. The molecule has 0 spiro atoms. The van der Waals surface area contributed by atoms with Crippen molar-refractivity contribution in [3.8, 4) is 5.75 Å². The summed E-state index contributed by atoms with van der Waals surface area (Å²) < 4.78 is 34.7. The minimum atomic E-state index is -4.17. The van der Waals surface area contributed by atoms with Crippen LogP contribution < -0.4 is 14.4 Å². The van der Waals surface area contributed by atoms with Gasteiger partial charge in [-0.05, 0) is 73.5 Å². The third-order valence-electron chi connectivity index (χ3n) is 6.93. The lowest BCUT2D eigenvalue weighted by Gasteiger charge is -2.33. The molecule has 4 aromatic carbocycles. The molecule has 2 amide bonds. The molecule has 0 unspecified atom stereocenters. The van der Waals surface area contributed by atoms with Crippen LogP contribution in [0, 0.1) is 0 Å². The van der Waals surface area contributed by atoms with Gasteiger partial charge in [-0.2, -0.15) is 0 Å². The molecule has 4 aromatic rings. The van der Waals surface area contributed by atoms with Crippen LogP contribution in [-0.2, 0) is 32.6 Å². The van der Waals surface area contributed by atoms with Crippen molar-refractivity contribution in [1.29, 1.82) is 0 Å². The van der Waals surface area contributed by atoms with E-state index in [-0.39, 0.29) is 29.5 Å². The SMILES string of the molecule is CCNC(=O)[C@@H](Cc1ccccc1)N(Cc1ccc(Cl)cc1)C(=O)CN(c1ccc(OCC)cc1)S(=O)(=O)c1ccccc1. The van der Waals surface area contributed by atoms with Crippen molar-refractivity contribution in [2.45, 2.75) is 37.8 Å². The number of amides is 2. The minimum Gasteiger partial charge on any atom is -0.494 e. The Morgan fingerprint density at radius 1 is 0.818 bits per heavy atom. The maximum absolute atomic E-state index is 14.4. The van der Waals surface area contributed by atoms with Crippen LogP contribution in [0.1, 0.15) is 25.0 Å². The van der Waals surface area contributed by atoms with Crippen LogP contribution in [0.3, 0.4) is 0 Å². The topological polar surface area (TPSA) is 96.0 Å². The summed E-state index contributed by atoms with van der Waals surface area (Å²) in [5, 5.41) is 3.39. The van der Waals surface area contributed by atoms with E-state index in [2.05, 4.69) is 5.32 Å². The number of hydrogen-bond acceptors (Lipinski definition) is 5. The van der Waals surface area contributed by atoms with E-state index in [1.165, 1.54) is 17.0 Å². The van der Waals surface area contributed by atoms with E-state index in [4.69, 9.17) is 16.3 Å². The molecule has 0 radical (unpaired) electrons. The molecule has 0 aliphatic heterocycles. The number of sulfonamides is 1. The maximum Gasteiger partial charge on any atom is 0.264 e. The second-order valence-electron chi connectivity index (χ2n) is 10.00. The zero-order valence-electron chi connectivity index (χ0n) is 24.7. The average molecular weight is 634 g/mol. The van der Waals surface area contributed by atoms with E-state index in [0.29, 0.717) is 23.9 Å². The lowest BCUT2D eigenvalue weighted by atomic mass is 10.0. The van der Waals surface area contributed by atoms with E-state index in [1.54, 1.807) is 66.7 Å². The molecular formula is C34H36ClN3O5S. The van der Waals surface area contributed by atoms with Crippen LogP contribution in [0.4, 0.5) is 5.69 Å². The van der Waals surface area contributed by atoms with Crippen LogP contribution in [0.25, 0.3) is 0 Å². The number of nitrogens with one attached hydrogen (secondary N) is 1. The van der Waals surface area contributed by atoms with Crippen molar-refractivity contribution in [3.05, 3.63) is 125 Å². The van der Waals surface area contributed by atoms with Crippen LogP contribution in [-0.4, -0.2) is 50.9 Å². The summed E-state index contributed by atoms with van der Waals surface area (Å²) in [6, 6.07) is 30.0. The molecule has 230 valence electrons. The minimum absolute atomic E-state index is 0.0375. The van der Waals surface area contributed by atoms with Gasteiger partial charge in [-0.1, -0.05) is 72.3 Å². The predicted molar refractivity (Wildman–Crippen MR) is 173 cm³/mol. The van der Waals surface area contributed by atoms with Crippen LogP contribution >= 0.6 is 11.6 Å². The van der Waals surface area contributed by atoms with Gasteiger partial charge < -0.3 is 15.0 Å². The van der Waals surface area contributed by atoms with E-state index < -0.39 is 28.5 Å². The van der Waals surface area contributed by atoms with E-state index in [0.717, 1.165) is 15.4 Å². The molecule has 4 rings (SSSR count). The highest BCUT2D eigenvalue weighted by Gasteiger charge is 2.34. The van der Waals surface area contributed by atoms with Crippen molar-refractivity contribution >= 4 is 39.1 Å². The molecule has 0 saturated carbocycles.